The van der Waals surface area contributed by atoms with E-state index in [1.165, 1.54) is 0 Å². The van der Waals surface area contributed by atoms with Crippen LogP contribution in [0, 0.1) is 12.3 Å². The third-order valence-electron chi connectivity index (χ3n) is 3.80. The summed E-state index contributed by atoms with van der Waals surface area (Å²) in [6.07, 6.45) is 1.67. The van der Waals surface area contributed by atoms with Crippen LogP contribution < -0.4 is 0 Å². The number of ether oxygens (including phenoxy) is 3. The number of hydrogen-bond donors (Lipinski definition) is 1. The highest BCUT2D eigenvalue weighted by atomic mass is 16.7. The van der Waals surface area contributed by atoms with Crippen molar-refractivity contribution in [2.45, 2.75) is 36.7 Å². The molecule has 0 spiro atoms. The first-order valence-corrected chi connectivity index (χ1v) is 6.90. The first-order chi connectivity index (χ1) is 10.7. The summed E-state index contributed by atoms with van der Waals surface area (Å²) in [4.78, 5) is 2.79. The lowest BCUT2D eigenvalue weighted by Crippen LogP contribution is -2.60. The quantitative estimate of drug-likeness (QED) is 0.388. The van der Waals surface area contributed by atoms with Crippen LogP contribution in [0.3, 0.4) is 0 Å². The predicted molar refractivity (Wildman–Crippen MR) is 76.4 cm³/mol. The monoisotopic (exact) mass is 301 g/mol. The molecule has 7 nitrogen and oxygen atoms in total. The summed E-state index contributed by atoms with van der Waals surface area (Å²) >= 11 is 0. The second-order valence-corrected chi connectivity index (χ2v) is 5.12. The number of fused-ring (bicyclic) bond motifs is 1. The van der Waals surface area contributed by atoms with Gasteiger partial charge >= 0.3 is 0 Å². The molecule has 2 aliphatic heterocycles. The second-order valence-electron chi connectivity index (χ2n) is 5.12. The highest BCUT2D eigenvalue weighted by Crippen LogP contribution is 2.35. The maximum absolute atomic E-state index is 10.2. The van der Waals surface area contributed by atoms with Crippen molar-refractivity contribution in [3.63, 3.8) is 0 Å². The normalized spacial score (nSPS) is 37.5. The lowest BCUT2D eigenvalue weighted by Gasteiger charge is -2.45. The van der Waals surface area contributed by atoms with Gasteiger partial charge < -0.3 is 19.3 Å². The van der Waals surface area contributed by atoms with Crippen LogP contribution in [-0.2, 0) is 14.2 Å². The molecule has 3 rings (SSSR count). The molecule has 0 bridgehead atoms. The van der Waals surface area contributed by atoms with Gasteiger partial charge in [-0.1, -0.05) is 41.4 Å². The first kappa shape index (κ1) is 14.9. The van der Waals surface area contributed by atoms with Gasteiger partial charge in [-0.25, -0.2) is 0 Å². The number of azide groups is 1. The van der Waals surface area contributed by atoms with Gasteiger partial charge in [-0.3, -0.25) is 0 Å². The Bertz CT molecular complexity index is 611. The third-order valence-corrected chi connectivity index (χ3v) is 3.80. The molecule has 2 aliphatic rings. The van der Waals surface area contributed by atoms with Gasteiger partial charge in [0.05, 0.1) is 12.6 Å². The summed E-state index contributed by atoms with van der Waals surface area (Å²) < 4.78 is 17.1. The molecule has 2 fully saturated rings. The molecule has 1 aromatic carbocycles. The van der Waals surface area contributed by atoms with E-state index in [4.69, 9.17) is 26.2 Å². The predicted octanol–water partition coefficient (Wildman–Crippen LogP) is 1.54. The average Bonchev–Trinajstić information content (AvgIpc) is 2.57. The molecule has 1 N–H and O–H groups in total. The number of rotatable bonds is 2. The van der Waals surface area contributed by atoms with Gasteiger partial charge in [-0.15, -0.1) is 6.42 Å². The molecule has 0 radical (unpaired) electrons. The maximum atomic E-state index is 10.2. The van der Waals surface area contributed by atoms with Crippen molar-refractivity contribution < 1.29 is 19.3 Å². The summed E-state index contributed by atoms with van der Waals surface area (Å²) in [6.45, 7) is 0.243. The molecule has 2 heterocycles. The van der Waals surface area contributed by atoms with Crippen molar-refractivity contribution in [1.29, 1.82) is 0 Å². The molecule has 0 aliphatic carbocycles. The average molecular weight is 301 g/mol. The molecule has 1 unspecified atom stereocenters. The van der Waals surface area contributed by atoms with Crippen LogP contribution >= 0.6 is 0 Å². The molecular formula is C15H15N3O4. The van der Waals surface area contributed by atoms with Crippen LogP contribution in [0.4, 0.5) is 0 Å². The Morgan fingerprint density at radius 1 is 1.32 bits per heavy atom. The molecule has 6 atom stereocenters. The van der Waals surface area contributed by atoms with Crippen LogP contribution in [-0.4, -0.2) is 42.2 Å². The summed E-state index contributed by atoms with van der Waals surface area (Å²) in [6, 6.07) is 8.57. The van der Waals surface area contributed by atoms with Crippen molar-refractivity contribution in [2.75, 3.05) is 6.61 Å². The minimum absolute atomic E-state index is 0.243. The van der Waals surface area contributed by atoms with E-state index in [2.05, 4.69) is 15.9 Å². The van der Waals surface area contributed by atoms with Crippen LogP contribution in [0.15, 0.2) is 35.4 Å². The Labute approximate surface area is 127 Å². The molecular weight excluding hydrogens is 286 g/mol. The number of aliphatic hydroxyl groups excluding tert-OH is 1. The summed E-state index contributed by atoms with van der Waals surface area (Å²) in [7, 11) is 0. The Kier molecular flexibility index (Phi) is 4.29. The van der Waals surface area contributed by atoms with Crippen molar-refractivity contribution >= 4 is 0 Å². The van der Waals surface area contributed by atoms with Gasteiger partial charge in [-0.2, -0.15) is 0 Å². The van der Waals surface area contributed by atoms with Gasteiger partial charge in [0.1, 0.15) is 24.4 Å². The van der Waals surface area contributed by atoms with Crippen molar-refractivity contribution in [2.24, 2.45) is 5.11 Å². The highest BCUT2D eigenvalue weighted by Gasteiger charge is 2.48. The molecule has 2 saturated heterocycles. The fourth-order valence-corrected chi connectivity index (χ4v) is 2.72. The zero-order valence-electron chi connectivity index (χ0n) is 11.6. The molecule has 0 aromatic heterocycles. The van der Waals surface area contributed by atoms with Gasteiger partial charge in [-0.05, 0) is 5.53 Å². The fraction of sp³-hybridized carbons (Fsp3) is 0.467. The number of hydrogen-bond acceptors (Lipinski definition) is 5. The van der Waals surface area contributed by atoms with E-state index < -0.39 is 36.7 Å². The van der Waals surface area contributed by atoms with Crippen LogP contribution in [0.5, 0.6) is 0 Å². The third kappa shape index (κ3) is 2.66. The van der Waals surface area contributed by atoms with Crippen molar-refractivity contribution in [3.05, 3.63) is 46.3 Å². The molecule has 0 saturated carbocycles. The van der Waals surface area contributed by atoms with Gasteiger partial charge in [0.25, 0.3) is 0 Å². The number of aliphatic hydroxyl groups is 1. The SMILES string of the molecule is C#C[C@@H]1O[C@@H]2COC(c3ccccc3)O[C@@H]2[C@H](N=[N+]=[N-])[C@H]1O. The summed E-state index contributed by atoms with van der Waals surface area (Å²) in [5.74, 6) is 2.35. The van der Waals surface area contributed by atoms with E-state index in [1.54, 1.807) is 0 Å². The zero-order valence-corrected chi connectivity index (χ0v) is 11.6. The van der Waals surface area contributed by atoms with Gasteiger partial charge in [0.15, 0.2) is 6.29 Å². The zero-order chi connectivity index (χ0) is 15.5. The summed E-state index contributed by atoms with van der Waals surface area (Å²) in [5.41, 5.74) is 9.58. The van der Waals surface area contributed by atoms with Gasteiger partial charge in [0, 0.05) is 10.5 Å². The summed E-state index contributed by atoms with van der Waals surface area (Å²) in [5, 5.41) is 13.9. The Morgan fingerprint density at radius 2 is 2.09 bits per heavy atom. The minimum atomic E-state index is -1.11. The van der Waals surface area contributed by atoms with Crippen LogP contribution in [0.2, 0.25) is 0 Å². The van der Waals surface area contributed by atoms with E-state index in [1.807, 2.05) is 30.3 Å². The Balaban J connectivity index is 1.84. The standard InChI is InChI=1S/C15H15N3O4/c1-2-10-13(19)12(17-18-16)14-11(21-10)8-20-15(22-14)9-6-4-3-5-7-9/h1,3-7,10-15,19H,8H2/t10-,11+,12+,13-,14-,15?/m0/s1. The van der Waals surface area contributed by atoms with E-state index in [-0.39, 0.29) is 6.61 Å². The van der Waals surface area contributed by atoms with E-state index in [0.29, 0.717) is 0 Å². The second kappa shape index (κ2) is 6.36. The molecule has 114 valence electrons. The lowest BCUT2D eigenvalue weighted by molar-refractivity contribution is -0.300. The van der Waals surface area contributed by atoms with E-state index in [9.17, 15) is 5.11 Å². The fourth-order valence-electron chi connectivity index (χ4n) is 2.72. The molecule has 7 heteroatoms. The van der Waals surface area contributed by atoms with Crippen molar-refractivity contribution in [3.8, 4) is 12.3 Å². The molecule has 22 heavy (non-hydrogen) atoms. The first-order valence-electron chi connectivity index (χ1n) is 6.90. The maximum Gasteiger partial charge on any atom is 0.184 e. The van der Waals surface area contributed by atoms with Gasteiger partial charge in [0.2, 0.25) is 0 Å². The minimum Gasteiger partial charge on any atom is -0.389 e. The van der Waals surface area contributed by atoms with Crippen LogP contribution in [0.25, 0.3) is 10.4 Å². The lowest BCUT2D eigenvalue weighted by atomic mass is 9.92. The molecule has 0 amide bonds. The largest absolute Gasteiger partial charge is 0.389 e. The smallest absolute Gasteiger partial charge is 0.184 e. The van der Waals surface area contributed by atoms with Crippen LogP contribution in [0.1, 0.15) is 11.9 Å². The van der Waals surface area contributed by atoms with E-state index >= 15 is 0 Å². The highest BCUT2D eigenvalue weighted by molar-refractivity contribution is 5.17. The Morgan fingerprint density at radius 3 is 2.77 bits per heavy atom. The van der Waals surface area contributed by atoms with Crippen molar-refractivity contribution in [1.82, 2.24) is 0 Å². The van der Waals surface area contributed by atoms with E-state index in [0.717, 1.165) is 5.56 Å². The molecule has 1 aromatic rings. The number of terminal acetylenes is 1. The Hall–Kier alpha value is -2.07. The number of nitrogens with zero attached hydrogens (tertiary/aromatic N) is 3. The topological polar surface area (TPSA) is 96.7 Å². The number of benzene rings is 1.